The van der Waals surface area contributed by atoms with Crippen LogP contribution in [0.2, 0.25) is 18.1 Å². The fourth-order valence-electron chi connectivity index (χ4n) is 10.0. The number of allylic oxidation sites excluding steroid dienone is 1. The fraction of sp³-hybridized carbons (Fsp3) is 0.861. The van der Waals surface area contributed by atoms with Gasteiger partial charge in [-0.25, -0.2) is 4.79 Å². The minimum Gasteiger partial charge on any atom is -0.456 e. The second-order valence-corrected chi connectivity index (χ2v) is 21.9. The molecule has 1 aliphatic heterocycles. The molecule has 7 heteroatoms. The molecule has 0 radical (unpaired) electrons. The molecule has 1 heterocycles. The lowest BCUT2D eigenvalue weighted by atomic mass is 9.44. The van der Waals surface area contributed by atoms with Gasteiger partial charge in [0.1, 0.15) is 18.5 Å². The summed E-state index contributed by atoms with van der Waals surface area (Å²) >= 11 is 0. The van der Waals surface area contributed by atoms with Gasteiger partial charge in [-0.2, -0.15) is 0 Å². The number of ether oxygens (including phenoxy) is 3. The van der Waals surface area contributed by atoms with E-state index in [4.69, 9.17) is 18.6 Å². The maximum atomic E-state index is 12.8. The highest BCUT2D eigenvalue weighted by molar-refractivity contribution is 6.74. The maximum Gasteiger partial charge on any atom is 0.334 e. The lowest BCUT2D eigenvalue weighted by Gasteiger charge is -2.62. The Kier molecular flexibility index (Phi) is 8.59. The van der Waals surface area contributed by atoms with Crippen molar-refractivity contribution in [2.75, 3.05) is 13.9 Å². The Balaban J connectivity index is 1.41. The van der Waals surface area contributed by atoms with Crippen LogP contribution < -0.4 is 0 Å². The minimum absolute atomic E-state index is 0.0407. The fourth-order valence-corrected chi connectivity index (χ4v) is 11.4. The molecule has 0 aromatic heterocycles. The van der Waals surface area contributed by atoms with Crippen LogP contribution in [0.4, 0.5) is 0 Å². The van der Waals surface area contributed by atoms with Crippen LogP contribution in [0.5, 0.6) is 0 Å². The van der Waals surface area contributed by atoms with E-state index in [0.717, 1.165) is 49.7 Å². The molecule has 3 fully saturated rings. The van der Waals surface area contributed by atoms with E-state index in [2.05, 4.69) is 66.8 Å². The summed E-state index contributed by atoms with van der Waals surface area (Å²) in [6, 6.07) is 0. The third-order valence-electron chi connectivity index (χ3n) is 14.0. The first kappa shape index (κ1) is 33.4. The van der Waals surface area contributed by atoms with Crippen molar-refractivity contribution in [1.29, 1.82) is 0 Å². The molecular weight excluding hydrogens is 556 g/mol. The molecule has 4 aliphatic carbocycles. The van der Waals surface area contributed by atoms with Crippen molar-refractivity contribution >= 4 is 14.3 Å². The van der Waals surface area contributed by atoms with Crippen LogP contribution in [0.25, 0.3) is 0 Å². The van der Waals surface area contributed by atoms with Crippen LogP contribution in [0.3, 0.4) is 0 Å². The van der Waals surface area contributed by atoms with Gasteiger partial charge in [0.15, 0.2) is 8.32 Å². The summed E-state index contributed by atoms with van der Waals surface area (Å²) in [5, 5.41) is 12.5. The quantitative estimate of drug-likeness (QED) is 0.135. The zero-order chi connectivity index (χ0) is 31.8. The van der Waals surface area contributed by atoms with Crippen molar-refractivity contribution in [3.63, 3.8) is 0 Å². The summed E-state index contributed by atoms with van der Waals surface area (Å²) in [7, 11) is -0.260. The molecule has 0 saturated heterocycles. The average Bonchev–Trinajstić information content (AvgIpc) is 3.27. The highest BCUT2D eigenvalue weighted by Gasteiger charge is 2.66. The number of cyclic esters (lactones) is 1. The van der Waals surface area contributed by atoms with Crippen molar-refractivity contribution in [2.24, 2.45) is 34.5 Å². The van der Waals surface area contributed by atoms with Crippen molar-refractivity contribution in [1.82, 2.24) is 0 Å². The largest absolute Gasteiger partial charge is 0.456 e. The standard InChI is InChI=1S/C36H60O6Si/c1-23-20-30(41-31(37)24(23)2)35(8,40-22-39-9)29-13-12-27-26-15-19-36(38)21-25(42-43(10,11)32(3,4)5)14-18-34(36,7)28(26)16-17-33(27,29)6/h15,19,25-30,38H,12-14,16-18,20-22H2,1-11H3/t25-,26-,27-,28-,29-,30+,33-,34+,35+,36+/m0/s1. The second kappa shape index (κ2) is 11.1. The topological polar surface area (TPSA) is 74.2 Å². The van der Waals surface area contributed by atoms with Gasteiger partial charge in [-0.1, -0.05) is 52.3 Å². The third kappa shape index (κ3) is 5.25. The van der Waals surface area contributed by atoms with Crippen molar-refractivity contribution in [3.8, 4) is 0 Å². The zero-order valence-corrected chi connectivity index (χ0v) is 30.0. The van der Waals surface area contributed by atoms with Crippen molar-refractivity contribution in [2.45, 2.75) is 148 Å². The van der Waals surface area contributed by atoms with E-state index >= 15 is 0 Å². The Morgan fingerprint density at radius 3 is 2.37 bits per heavy atom. The zero-order valence-electron chi connectivity index (χ0n) is 29.0. The Hall–Kier alpha value is -0.993. The SMILES string of the molecule is COCO[C@@](C)([C@H]1CC(C)=C(C)C(=O)O1)[C@H]1CC[C@H]2[C@@H]3C=C[C@@]4(O)C[C@@H](O[Si](C)(C)C(C)(C)C)CC[C@]4(C)[C@H]3CC[C@@]21C. The first-order chi connectivity index (χ1) is 19.8. The highest BCUT2D eigenvalue weighted by Crippen LogP contribution is 2.68. The molecule has 5 aliphatic rings. The summed E-state index contributed by atoms with van der Waals surface area (Å²) in [4.78, 5) is 12.8. The normalized spacial score (nSPS) is 43.0. The molecule has 0 bridgehead atoms. The molecule has 0 aromatic rings. The van der Waals surface area contributed by atoms with Crippen LogP contribution in [-0.2, 0) is 23.4 Å². The molecule has 10 atom stereocenters. The number of carbonyl (C=O) groups excluding carboxylic acids is 1. The first-order valence-corrected chi connectivity index (χ1v) is 19.8. The third-order valence-corrected chi connectivity index (χ3v) is 18.6. The predicted octanol–water partition coefficient (Wildman–Crippen LogP) is 7.96. The molecule has 5 rings (SSSR count). The Morgan fingerprint density at radius 1 is 1.05 bits per heavy atom. The molecule has 0 amide bonds. The van der Waals surface area contributed by atoms with E-state index in [1.54, 1.807) is 7.11 Å². The Morgan fingerprint density at radius 2 is 1.74 bits per heavy atom. The Labute approximate surface area is 262 Å². The van der Waals surface area contributed by atoms with E-state index in [1.807, 2.05) is 13.8 Å². The second-order valence-electron chi connectivity index (χ2n) is 17.1. The van der Waals surface area contributed by atoms with Gasteiger partial charge in [0, 0.05) is 37.0 Å². The number of carbonyl (C=O) groups is 1. The van der Waals surface area contributed by atoms with Gasteiger partial charge >= 0.3 is 5.97 Å². The molecule has 0 spiro atoms. The number of rotatable bonds is 7. The van der Waals surface area contributed by atoms with Crippen LogP contribution in [0, 0.1) is 34.5 Å². The predicted molar refractivity (Wildman–Crippen MR) is 173 cm³/mol. The summed E-state index contributed by atoms with van der Waals surface area (Å²) in [6.07, 6.45) is 12.1. The number of aliphatic hydroxyl groups is 1. The van der Waals surface area contributed by atoms with Crippen molar-refractivity contribution in [3.05, 3.63) is 23.3 Å². The van der Waals surface area contributed by atoms with Gasteiger partial charge in [0.2, 0.25) is 0 Å². The van der Waals surface area contributed by atoms with Gasteiger partial charge in [0.25, 0.3) is 0 Å². The number of fused-ring (bicyclic) bond motifs is 5. The molecule has 1 N–H and O–H groups in total. The molecule has 0 aromatic carbocycles. The summed E-state index contributed by atoms with van der Waals surface area (Å²) < 4.78 is 25.0. The Bertz CT molecular complexity index is 1150. The number of methoxy groups -OCH3 is 1. The van der Waals surface area contributed by atoms with Gasteiger partial charge in [0.05, 0.1) is 5.60 Å². The smallest absolute Gasteiger partial charge is 0.334 e. The monoisotopic (exact) mass is 616 g/mol. The number of esters is 1. The lowest BCUT2D eigenvalue weighted by Crippen LogP contribution is -2.63. The van der Waals surface area contributed by atoms with E-state index in [-0.39, 0.29) is 46.8 Å². The molecular formula is C36H60O6Si. The molecule has 244 valence electrons. The van der Waals surface area contributed by atoms with Crippen LogP contribution in [0.1, 0.15) is 107 Å². The summed E-state index contributed by atoms with van der Waals surface area (Å²) in [5.74, 6) is 1.38. The van der Waals surface area contributed by atoms with Crippen LogP contribution in [0.15, 0.2) is 23.3 Å². The lowest BCUT2D eigenvalue weighted by molar-refractivity contribution is -0.228. The maximum absolute atomic E-state index is 12.8. The average molecular weight is 617 g/mol. The van der Waals surface area contributed by atoms with Gasteiger partial charge in [-0.15, -0.1) is 0 Å². The van der Waals surface area contributed by atoms with Crippen LogP contribution in [-0.4, -0.2) is 56.7 Å². The van der Waals surface area contributed by atoms with E-state index in [1.165, 1.54) is 0 Å². The minimum atomic E-state index is -1.92. The van der Waals surface area contributed by atoms with E-state index in [0.29, 0.717) is 30.6 Å². The summed E-state index contributed by atoms with van der Waals surface area (Å²) in [6.45, 7) is 22.6. The molecule has 0 unspecified atom stereocenters. The number of hydrogen-bond acceptors (Lipinski definition) is 6. The van der Waals surface area contributed by atoms with Crippen LogP contribution >= 0.6 is 0 Å². The molecule has 6 nitrogen and oxygen atoms in total. The van der Waals surface area contributed by atoms with Crippen molar-refractivity contribution < 1.29 is 28.5 Å². The number of hydrogen-bond donors (Lipinski definition) is 1. The van der Waals surface area contributed by atoms with Gasteiger partial charge in [-0.05, 0) is 107 Å². The molecule has 43 heavy (non-hydrogen) atoms. The first-order valence-electron chi connectivity index (χ1n) is 16.9. The highest BCUT2D eigenvalue weighted by atomic mass is 28.4. The van der Waals surface area contributed by atoms with Gasteiger partial charge in [-0.3, -0.25) is 0 Å². The summed E-state index contributed by atoms with van der Waals surface area (Å²) in [5.41, 5.74) is 0.212. The van der Waals surface area contributed by atoms with Gasteiger partial charge < -0.3 is 23.7 Å². The van der Waals surface area contributed by atoms with E-state index in [9.17, 15) is 9.90 Å². The van der Waals surface area contributed by atoms with E-state index < -0.39 is 19.5 Å². The molecule has 3 saturated carbocycles.